The van der Waals surface area contributed by atoms with Crippen molar-refractivity contribution >= 4 is 11.8 Å². The van der Waals surface area contributed by atoms with E-state index in [9.17, 15) is 4.79 Å². The number of aryl methyl sites for hydroxylation is 1. The predicted octanol–water partition coefficient (Wildman–Crippen LogP) is 3.89. The van der Waals surface area contributed by atoms with Gasteiger partial charge in [-0.3, -0.25) is 5.32 Å². The molecule has 0 aliphatic rings. The number of nitrogens with zero attached hydrogens (tertiary/aromatic N) is 1. The Balaban J connectivity index is 2.11. The molecule has 0 saturated carbocycles. The van der Waals surface area contributed by atoms with Crippen molar-refractivity contribution in [3.8, 4) is 0 Å². The van der Waals surface area contributed by atoms with Crippen LogP contribution >= 0.6 is 0 Å². The van der Waals surface area contributed by atoms with Crippen LogP contribution in [0, 0.1) is 12.3 Å². The Morgan fingerprint density at radius 2 is 1.90 bits per heavy atom. The number of hydrogen-bond donors (Lipinski definition) is 2. The minimum Gasteiger partial charge on any atom is -0.360 e. The largest absolute Gasteiger partial charge is 0.360 e. The summed E-state index contributed by atoms with van der Waals surface area (Å²) in [4.78, 5) is 12.1. The number of hydrogen-bond acceptors (Lipinski definition) is 3. The maximum atomic E-state index is 12.1. The monoisotopic (exact) mass is 287 g/mol. The average Bonchev–Trinajstić information content (AvgIpc) is 2.81. The minimum atomic E-state index is -0.299. The quantitative estimate of drug-likeness (QED) is 0.900. The number of anilines is 1. The molecule has 2 aromatic rings. The summed E-state index contributed by atoms with van der Waals surface area (Å²) in [7, 11) is 0. The van der Waals surface area contributed by atoms with Crippen LogP contribution in [0.3, 0.4) is 0 Å². The molecule has 112 valence electrons. The van der Waals surface area contributed by atoms with Crippen molar-refractivity contribution in [1.29, 1.82) is 0 Å². The number of amides is 2. The standard InChI is InChI=1S/C16H21N3O2/c1-11-10-13(19-21-11)17-15(20)18-14(16(2,3)4)12-8-6-5-7-9-12/h5-10,14H,1-4H3,(H2,17,18,19,20). The van der Waals surface area contributed by atoms with Crippen molar-refractivity contribution in [2.24, 2.45) is 5.41 Å². The molecule has 1 heterocycles. The zero-order chi connectivity index (χ0) is 15.5. The molecule has 1 atom stereocenters. The van der Waals surface area contributed by atoms with Gasteiger partial charge in [0.05, 0.1) is 6.04 Å². The lowest BCUT2D eigenvalue weighted by atomic mass is 9.82. The molecule has 0 aliphatic heterocycles. The minimum absolute atomic E-state index is 0.105. The number of urea groups is 1. The Labute approximate surface area is 124 Å². The van der Waals surface area contributed by atoms with Gasteiger partial charge in [-0.25, -0.2) is 4.79 Å². The Morgan fingerprint density at radius 3 is 2.43 bits per heavy atom. The van der Waals surface area contributed by atoms with E-state index in [0.717, 1.165) is 5.56 Å². The number of aromatic nitrogens is 1. The third-order valence-electron chi connectivity index (χ3n) is 3.14. The molecule has 0 fully saturated rings. The van der Waals surface area contributed by atoms with Crippen molar-refractivity contribution < 1.29 is 9.32 Å². The smallest absolute Gasteiger partial charge is 0.320 e. The number of nitrogens with one attached hydrogen (secondary N) is 2. The van der Waals surface area contributed by atoms with Gasteiger partial charge in [0.25, 0.3) is 0 Å². The van der Waals surface area contributed by atoms with Gasteiger partial charge >= 0.3 is 6.03 Å². The van der Waals surface area contributed by atoms with Crippen LogP contribution in [0.25, 0.3) is 0 Å². The molecule has 5 nitrogen and oxygen atoms in total. The molecule has 0 radical (unpaired) electrons. The van der Waals surface area contributed by atoms with E-state index < -0.39 is 0 Å². The Kier molecular flexibility index (Phi) is 4.31. The summed E-state index contributed by atoms with van der Waals surface area (Å²) in [6.07, 6.45) is 0. The molecule has 5 heteroatoms. The van der Waals surface area contributed by atoms with E-state index in [1.165, 1.54) is 0 Å². The highest BCUT2D eigenvalue weighted by molar-refractivity contribution is 5.88. The SMILES string of the molecule is Cc1cc(NC(=O)NC(c2ccccc2)C(C)(C)C)no1. The summed E-state index contributed by atoms with van der Waals surface area (Å²) in [5, 5.41) is 9.43. The molecular weight excluding hydrogens is 266 g/mol. The van der Waals surface area contributed by atoms with Crippen LogP contribution in [0.4, 0.5) is 10.6 Å². The normalized spacial score (nSPS) is 12.8. The zero-order valence-corrected chi connectivity index (χ0v) is 12.8. The molecule has 2 amide bonds. The zero-order valence-electron chi connectivity index (χ0n) is 12.8. The molecule has 21 heavy (non-hydrogen) atoms. The molecule has 1 aromatic heterocycles. The topological polar surface area (TPSA) is 67.2 Å². The van der Waals surface area contributed by atoms with Gasteiger partial charge in [-0.2, -0.15) is 0 Å². The van der Waals surface area contributed by atoms with Crippen molar-refractivity contribution in [3.63, 3.8) is 0 Å². The summed E-state index contributed by atoms with van der Waals surface area (Å²) in [5.41, 5.74) is 0.954. The van der Waals surface area contributed by atoms with Crippen LogP contribution in [-0.2, 0) is 0 Å². The van der Waals surface area contributed by atoms with E-state index in [2.05, 4.69) is 36.6 Å². The molecule has 0 bridgehead atoms. The summed E-state index contributed by atoms with van der Waals surface area (Å²) in [5.74, 6) is 1.06. The third kappa shape index (κ3) is 4.08. The molecule has 2 rings (SSSR count). The summed E-state index contributed by atoms with van der Waals surface area (Å²) >= 11 is 0. The number of carbonyl (C=O) groups excluding carboxylic acids is 1. The molecule has 2 N–H and O–H groups in total. The van der Waals surface area contributed by atoms with Crippen LogP contribution in [0.2, 0.25) is 0 Å². The Bertz CT molecular complexity index is 599. The fourth-order valence-corrected chi connectivity index (χ4v) is 2.15. The average molecular weight is 287 g/mol. The lowest BCUT2D eigenvalue weighted by Crippen LogP contribution is -2.39. The lowest BCUT2D eigenvalue weighted by Gasteiger charge is -2.31. The van der Waals surface area contributed by atoms with Gasteiger partial charge in [0, 0.05) is 6.07 Å². The second-order valence-electron chi connectivity index (χ2n) is 6.13. The predicted molar refractivity (Wildman–Crippen MR) is 82.0 cm³/mol. The lowest BCUT2D eigenvalue weighted by molar-refractivity contribution is 0.229. The van der Waals surface area contributed by atoms with E-state index in [4.69, 9.17) is 4.52 Å². The molecule has 0 saturated heterocycles. The third-order valence-corrected chi connectivity index (χ3v) is 3.14. The van der Waals surface area contributed by atoms with Crippen molar-refractivity contribution in [3.05, 3.63) is 47.7 Å². The fraction of sp³-hybridized carbons (Fsp3) is 0.375. The van der Waals surface area contributed by atoms with Crippen LogP contribution in [0.15, 0.2) is 40.9 Å². The van der Waals surface area contributed by atoms with Gasteiger partial charge < -0.3 is 9.84 Å². The molecule has 1 aromatic carbocycles. The first-order valence-corrected chi connectivity index (χ1v) is 6.92. The maximum Gasteiger partial charge on any atom is 0.320 e. The van der Waals surface area contributed by atoms with Crippen LogP contribution in [0.1, 0.15) is 38.1 Å². The van der Waals surface area contributed by atoms with Gasteiger partial charge in [0.2, 0.25) is 0 Å². The first kappa shape index (κ1) is 15.1. The van der Waals surface area contributed by atoms with Gasteiger partial charge in [-0.15, -0.1) is 0 Å². The number of benzene rings is 1. The highest BCUT2D eigenvalue weighted by Gasteiger charge is 2.27. The van der Waals surface area contributed by atoms with E-state index in [0.29, 0.717) is 11.6 Å². The molecule has 0 aliphatic carbocycles. The molecule has 1 unspecified atom stereocenters. The van der Waals surface area contributed by atoms with Gasteiger partial charge in [0.1, 0.15) is 5.76 Å². The van der Waals surface area contributed by atoms with Crippen LogP contribution in [0.5, 0.6) is 0 Å². The van der Waals surface area contributed by atoms with Gasteiger partial charge in [-0.1, -0.05) is 56.3 Å². The van der Waals surface area contributed by atoms with Crippen LogP contribution < -0.4 is 10.6 Å². The highest BCUT2D eigenvalue weighted by atomic mass is 16.5. The van der Waals surface area contributed by atoms with Crippen molar-refractivity contribution in [2.45, 2.75) is 33.7 Å². The number of rotatable bonds is 3. The summed E-state index contributed by atoms with van der Waals surface area (Å²) < 4.78 is 4.93. The van der Waals surface area contributed by atoms with E-state index >= 15 is 0 Å². The van der Waals surface area contributed by atoms with Crippen molar-refractivity contribution in [2.75, 3.05) is 5.32 Å². The second kappa shape index (κ2) is 5.99. The van der Waals surface area contributed by atoms with E-state index in [1.54, 1.807) is 13.0 Å². The maximum absolute atomic E-state index is 12.1. The first-order chi connectivity index (χ1) is 9.86. The highest BCUT2D eigenvalue weighted by Crippen LogP contribution is 2.32. The summed E-state index contributed by atoms with van der Waals surface area (Å²) in [6.45, 7) is 8.04. The van der Waals surface area contributed by atoms with Gasteiger partial charge in [-0.05, 0) is 17.9 Å². The second-order valence-corrected chi connectivity index (χ2v) is 6.13. The Hall–Kier alpha value is -2.30. The van der Waals surface area contributed by atoms with Crippen molar-refractivity contribution in [1.82, 2.24) is 10.5 Å². The number of carbonyl (C=O) groups is 1. The van der Waals surface area contributed by atoms with E-state index in [1.807, 2.05) is 30.3 Å². The first-order valence-electron chi connectivity index (χ1n) is 6.92. The molecule has 0 spiro atoms. The Morgan fingerprint density at radius 1 is 1.24 bits per heavy atom. The fourth-order valence-electron chi connectivity index (χ4n) is 2.15. The van der Waals surface area contributed by atoms with E-state index in [-0.39, 0.29) is 17.5 Å². The van der Waals surface area contributed by atoms with Crippen LogP contribution in [-0.4, -0.2) is 11.2 Å². The van der Waals surface area contributed by atoms with Gasteiger partial charge in [0.15, 0.2) is 5.82 Å². The summed E-state index contributed by atoms with van der Waals surface area (Å²) in [6, 6.07) is 11.2. The molecular formula is C16H21N3O2.